The van der Waals surface area contributed by atoms with E-state index in [1.54, 1.807) is 17.9 Å². The minimum absolute atomic E-state index is 0.0467. The van der Waals surface area contributed by atoms with Crippen molar-refractivity contribution < 1.29 is 18.0 Å². The van der Waals surface area contributed by atoms with Crippen molar-refractivity contribution in [1.82, 2.24) is 10.2 Å². The molecule has 0 bridgehead atoms. The van der Waals surface area contributed by atoms with E-state index in [0.717, 1.165) is 16.1 Å². The molecule has 2 rings (SSSR count). The van der Waals surface area contributed by atoms with Crippen molar-refractivity contribution in [2.75, 3.05) is 30.2 Å². The van der Waals surface area contributed by atoms with Gasteiger partial charge < -0.3 is 10.2 Å². The summed E-state index contributed by atoms with van der Waals surface area (Å²) in [5.74, 6) is -0.146. The van der Waals surface area contributed by atoms with Gasteiger partial charge in [-0.05, 0) is 49.4 Å². The molecule has 2 aromatic carbocycles. The molecule has 0 aliphatic heterocycles. The highest BCUT2D eigenvalue weighted by molar-refractivity contribution is 7.92. The zero-order valence-corrected chi connectivity index (χ0v) is 23.5. The van der Waals surface area contributed by atoms with Crippen molar-refractivity contribution in [2.45, 2.75) is 46.1 Å². The first-order valence-electron chi connectivity index (χ1n) is 11.9. The van der Waals surface area contributed by atoms with Gasteiger partial charge in [-0.2, -0.15) is 0 Å². The van der Waals surface area contributed by atoms with Gasteiger partial charge in [0.25, 0.3) is 0 Å². The lowest BCUT2D eigenvalue weighted by atomic mass is 10.1. The Kier molecular flexibility index (Phi) is 11.5. The average molecular weight is 557 g/mol. The van der Waals surface area contributed by atoms with Crippen LogP contribution >= 0.6 is 23.2 Å². The summed E-state index contributed by atoms with van der Waals surface area (Å²) in [5, 5.41) is 3.50. The summed E-state index contributed by atoms with van der Waals surface area (Å²) < 4.78 is 26.1. The second-order valence-corrected chi connectivity index (χ2v) is 11.9. The summed E-state index contributed by atoms with van der Waals surface area (Å²) in [7, 11) is -3.67. The zero-order chi connectivity index (χ0) is 26.9. The molecule has 0 aliphatic carbocycles. The fourth-order valence-electron chi connectivity index (χ4n) is 3.68. The topological polar surface area (TPSA) is 86.8 Å². The minimum Gasteiger partial charge on any atom is -0.354 e. The molecule has 0 spiro atoms. The maximum atomic E-state index is 13.3. The van der Waals surface area contributed by atoms with E-state index < -0.39 is 16.1 Å². The van der Waals surface area contributed by atoms with Crippen LogP contribution in [0.1, 0.15) is 39.2 Å². The van der Waals surface area contributed by atoms with Crippen LogP contribution in [0.15, 0.2) is 48.5 Å². The number of amides is 2. The normalized spacial score (nSPS) is 12.3. The molecule has 1 N–H and O–H groups in total. The van der Waals surface area contributed by atoms with Gasteiger partial charge in [0.2, 0.25) is 21.8 Å². The lowest BCUT2D eigenvalue weighted by molar-refractivity contribution is -0.140. The van der Waals surface area contributed by atoms with E-state index in [9.17, 15) is 18.0 Å². The standard InChI is InChI=1S/C26H35Cl2N3O4S/c1-19(2)18-29-26(33)20(3)30(16-14-21-9-6-5-7-10-21)25(32)11-8-15-31(36(4,34)35)24-17-22(27)12-13-23(24)28/h5-7,9-10,12-13,17,19-20H,8,11,14-16,18H2,1-4H3,(H,29,33). The number of rotatable bonds is 13. The number of carbonyl (C=O) groups is 2. The third-order valence-corrected chi connectivity index (χ3v) is 7.40. The Bertz CT molecular complexity index is 1130. The first-order chi connectivity index (χ1) is 16.9. The monoisotopic (exact) mass is 555 g/mol. The Labute approximate surface area is 224 Å². The van der Waals surface area contributed by atoms with Crippen LogP contribution in [0, 0.1) is 5.92 Å². The molecule has 0 radical (unpaired) electrons. The van der Waals surface area contributed by atoms with E-state index in [-0.39, 0.29) is 47.8 Å². The highest BCUT2D eigenvalue weighted by Crippen LogP contribution is 2.31. The molecule has 0 aliphatic rings. The molecule has 0 aromatic heterocycles. The second-order valence-electron chi connectivity index (χ2n) is 9.17. The van der Waals surface area contributed by atoms with Crippen molar-refractivity contribution in [2.24, 2.45) is 5.92 Å². The molecular weight excluding hydrogens is 521 g/mol. The van der Waals surface area contributed by atoms with E-state index in [2.05, 4.69) is 5.32 Å². The van der Waals surface area contributed by atoms with Crippen molar-refractivity contribution in [1.29, 1.82) is 0 Å². The van der Waals surface area contributed by atoms with Gasteiger partial charge in [-0.15, -0.1) is 0 Å². The Hall–Kier alpha value is -2.29. The molecule has 10 heteroatoms. The van der Waals surface area contributed by atoms with Crippen LogP contribution in [0.3, 0.4) is 0 Å². The first-order valence-corrected chi connectivity index (χ1v) is 14.5. The van der Waals surface area contributed by atoms with Gasteiger partial charge in [-0.3, -0.25) is 13.9 Å². The summed E-state index contributed by atoms with van der Waals surface area (Å²) >= 11 is 12.3. The zero-order valence-electron chi connectivity index (χ0n) is 21.2. The number of hydrogen-bond acceptors (Lipinski definition) is 4. The summed E-state index contributed by atoms with van der Waals surface area (Å²) in [5.41, 5.74) is 1.32. The average Bonchev–Trinajstić information content (AvgIpc) is 2.81. The van der Waals surface area contributed by atoms with E-state index >= 15 is 0 Å². The van der Waals surface area contributed by atoms with Gasteiger partial charge in [0.15, 0.2) is 0 Å². The summed E-state index contributed by atoms with van der Waals surface area (Å²) in [6, 6.07) is 13.7. The number of benzene rings is 2. The van der Waals surface area contributed by atoms with Crippen LogP contribution in [0.4, 0.5) is 5.69 Å². The molecule has 198 valence electrons. The van der Waals surface area contributed by atoms with Gasteiger partial charge >= 0.3 is 0 Å². The predicted molar refractivity (Wildman–Crippen MR) is 147 cm³/mol. The molecule has 36 heavy (non-hydrogen) atoms. The number of anilines is 1. The number of nitrogens with zero attached hydrogens (tertiary/aromatic N) is 2. The number of nitrogens with one attached hydrogen (secondary N) is 1. The minimum atomic E-state index is -3.67. The van der Waals surface area contributed by atoms with Gasteiger partial charge in [0.1, 0.15) is 6.04 Å². The van der Waals surface area contributed by atoms with E-state index in [1.165, 1.54) is 12.1 Å². The molecule has 0 saturated carbocycles. The molecule has 1 atom stereocenters. The van der Waals surface area contributed by atoms with Crippen LogP contribution in [0.5, 0.6) is 0 Å². The van der Waals surface area contributed by atoms with Crippen LogP contribution in [0.25, 0.3) is 0 Å². The molecule has 2 amide bonds. The molecule has 0 saturated heterocycles. The van der Waals surface area contributed by atoms with Gasteiger partial charge in [0.05, 0.1) is 17.0 Å². The third kappa shape index (κ3) is 9.30. The van der Waals surface area contributed by atoms with Crippen LogP contribution in [-0.2, 0) is 26.0 Å². The quantitative estimate of drug-likeness (QED) is 0.385. The van der Waals surface area contributed by atoms with E-state index in [0.29, 0.717) is 24.5 Å². The van der Waals surface area contributed by atoms with E-state index in [4.69, 9.17) is 23.2 Å². The molecule has 0 heterocycles. The molecule has 1 unspecified atom stereocenters. The number of hydrogen-bond donors (Lipinski definition) is 1. The molecule has 2 aromatic rings. The Morgan fingerprint density at radius 3 is 2.28 bits per heavy atom. The fourth-order valence-corrected chi connectivity index (χ4v) is 5.09. The summed E-state index contributed by atoms with van der Waals surface area (Å²) in [6.07, 6.45) is 2.00. The highest BCUT2D eigenvalue weighted by Gasteiger charge is 2.26. The van der Waals surface area contributed by atoms with Crippen LogP contribution in [0.2, 0.25) is 10.0 Å². The Morgan fingerprint density at radius 2 is 1.67 bits per heavy atom. The number of carbonyl (C=O) groups excluding carboxylic acids is 2. The van der Waals surface area contributed by atoms with Gasteiger partial charge in [-0.25, -0.2) is 8.42 Å². The van der Waals surface area contributed by atoms with Crippen molar-refractivity contribution in [3.63, 3.8) is 0 Å². The van der Waals surface area contributed by atoms with Crippen LogP contribution < -0.4 is 9.62 Å². The molecule has 7 nitrogen and oxygen atoms in total. The SMILES string of the molecule is CC(C)CNC(=O)C(C)N(CCc1ccccc1)C(=O)CCCN(c1cc(Cl)ccc1Cl)S(C)(=O)=O. The first kappa shape index (κ1) is 29.9. The summed E-state index contributed by atoms with van der Waals surface area (Å²) in [4.78, 5) is 27.6. The second kappa shape index (κ2) is 13.9. The largest absolute Gasteiger partial charge is 0.354 e. The van der Waals surface area contributed by atoms with Crippen molar-refractivity contribution >= 4 is 50.7 Å². The maximum absolute atomic E-state index is 13.3. The van der Waals surface area contributed by atoms with Gasteiger partial charge in [-0.1, -0.05) is 67.4 Å². The van der Waals surface area contributed by atoms with Crippen molar-refractivity contribution in [3.8, 4) is 0 Å². The lowest BCUT2D eigenvalue weighted by Gasteiger charge is -2.29. The maximum Gasteiger partial charge on any atom is 0.242 e. The molecular formula is C26H35Cl2N3O4S. The Balaban J connectivity index is 2.13. The number of halogens is 2. The van der Waals surface area contributed by atoms with Gasteiger partial charge in [0, 0.05) is 31.1 Å². The third-order valence-electron chi connectivity index (χ3n) is 5.67. The predicted octanol–water partition coefficient (Wildman–Crippen LogP) is 4.77. The highest BCUT2D eigenvalue weighted by atomic mass is 35.5. The number of sulfonamides is 1. The smallest absolute Gasteiger partial charge is 0.242 e. The molecule has 0 fully saturated rings. The lowest BCUT2D eigenvalue weighted by Crippen LogP contribution is -2.49. The van der Waals surface area contributed by atoms with Crippen molar-refractivity contribution in [3.05, 3.63) is 64.1 Å². The van der Waals surface area contributed by atoms with E-state index in [1.807, 2.05) is 44.2 Å². The fraction of sp³-hybridized carbons (Fsp3) is 0.462. The summed E-state index contributed by atoms with van der Waals surface area (Å²) in [6.45, 7) is 6.66. The Morgan fingerprint density at radius 1 is 1.00 bits per heavy atom. The van der Waals surface area contributed by atoms with Crippen LogP contribution in [-0.4, -0.2) is 57.1 Å².